The molecule has 1 aliphatic carbocycles. The van der Waals surface area contributed by atoms with Crippen molar-refractivity contribution >= 4 is 28.6 Å². The van der Waals surface area contributed by atoms with Crippen molar-refractivity contribution in [2.24, 2.45) is 0 Å². The van der Waals surface area contributed by atoms with Crippen LogP contribution < -0.4 is 5.32 Å². The summed E-state index contributed by atoms with van der Waals surface area (Å²) in [5, 5.41) is 3.64. The molecule has 23 heavy (non-hydrogen) atoms. The van der Waals surface area contributed by atoms with Gasteiger partial charge in [0.15, 0.2) is 5.82 Å². The number of thioether (sulfide) groups is 1. The predicted molar refractivity (Wildman–Crippen MR) is 97.1 cm³/mol. The summed E-state index contributed by atoms with van der Waals surface area (Å²) in [6.45, 7) is 3.44. The Morgan fingerprint density at radius 1 is 1.17 bits per heavy atom. The van der Waals surface area contributed by atoms with Crippen molar-refractivity contribution in [3.63, 3.8) is 0 Å². The lowest BCUT2D eigenvalue weighted by Gasteiger charge is -2.48. The Labute approximate surface area is 141 Å². The minimum absolute atomic E-state index is 0.305. The Bertz CT molecular complexity index is 643. The lowest BCUT2D eigenvalue weighted by molar-refractivity contribution is 0.0706. The zero-order valence-electron chi connectivity index (χ0n) is 13.6. The molecule has 0 aromatic carbocycles. The highest BCUT2D eigenvalue weighted by Crippen LogP contribution is 2.35. The second kappa shape index (κ2) is 6.69. The topological polar surface area (TPSA) is 56.8 Å². The highest BCUT2D eigenvalue weighted by Gasteiger charge is 2.38. The first-order chi connectivity index (χ1) is 11.4. The van der Waals surface area contributed by atoms with Crippen LogP contribution in [-0.4, -0.2) is 56.5 Å². The predicted octanol–water partition coefficient (Wildman–Crippen LogP) is 3.12. The molecule has 0 spiro atoms. The molecule has 1 saturated heterocycles. The largest absolute Gasteiger partial charge is 0.366 e. The van der Waals surface area contributed by atoms with Crippen LogP contribution in [0.4, 0.5) is 5.82 Å². The number of H-pyrrole nitrogens is 1. The molecule has 4 rings (SSSR count). The van der Waals surface area contributed by atoms with E-state index in [0.29, 0.717) is 5.54 Å². The Morgan fingerprint density at radius 3 is 2.83 bits per heavy atom. The van der Waals surface area contributed by atoms with Crippen LogP contribution in [0.15, 0.2) is 18.6 Å². The molecule has 2 aromatic heterocycles. The van der Waals surface area contributed by atoms with E-state index in [1.165, 1.54) is 56.7 Å². The highest BCUT2D eigenvalue weighted by molar-refractivity contribution is 7.99. The molecule has 5 nitrogen and oxygen atoms in total. The fourth-order valence-corrected chi connectivity index (χ4v) is 5.00. The quantitative estimate of drug-likeness (QED) is 0.901. The fraction of sp³-hybridized carbons (Fsp3) is 0.647. The third-order valence-corrected chi connectivity index (χ3v) is 6.33. The van der Waals surface area contributed by atoms with Crippen molar-refractivity contribution in [1.82, 2.24) is 19.9 Å². The Kier molecular flexibility index (Phi) is 4.44. The fourth-order valence-electron chi connectivity index (χ4n) is 4.10. The third-order valence-electron chi connectivity index (χ3n) is 5.39. The zero-order chi connectivity index (χ0) is 15.5. The maximum Gasteiger partial charge on any atom is 0.154 e. The van der Waals surface area contributed by atoms with E-state index in [-0.39, 0.29) is 0 Å². The lowest BCUT2D eigenvalue weighted by Crippen LogP contribution is -2.57. The van der Waals surface area contributed by atoms with Crippen molar-refractivity contribution in [2.45, 2.75) is 37.6 Å². The molecule has 0 amide bonds. The summed E-state index contributed by atoms with van der Waals surface area (Å²) in [6, 6.07) is 1.98. The van der Waals surface area contributed by atoms with Crippen LogP contribution in [0, 0.1) is 0 Å². The van der Waals surface area contributed by atoms with Gasteiger partial charge in [-0.2, -0.15) is 11.8 Å². The van der Waals surface area contributed by atoms with Gasteiger partial charge < -0.3 is 10.3 Å². The normalized spacial score (nSPS) is 22.3. The van der Waals surface area contributed by atoms with E-state index in [2.05, 4.69) is 36.9 Å². The Balaban J connectivity index is 1.54. The molecule has 0 atom stereocenters. The summed E-state index contributed by atoms with van der Waals surface area (Å²) >= 11 is 2.09. The maximum absolute atomic E-state index is 4.52. The number of fused-ring (bicyclic) bond motifs is 1. The average molecular weight is 331 g/mol. The smallest absolute Gasteiger partial charge is 0.154 e. The van der Waals surface area contributed by atoms with Crippen molar-refractivity contribution in [3.8, 4) is 0 Å². The van der Waals surface area contributed by atoms with Gasteiger partial charge in [-0.25, -0.2) is 9.97 Å². The van der Waals surface area contributed by atoms with E-state index in [9.17, 15) is 0 Å². The van der Waals surface area contributed by atoms with Gasteiger partial charge in [-0.15, -0.1) is 0 Å². The molecule has 0 unspecified atom stereocenters. The van der Waals surface area contributed by atoms with Crippen molar-refractivity contribution in [1.29, 1.82) is 0 Å². The van der Waals surface area contributed by atoms with Crippen LogP contribution in [0.5, 0.6) is 0 Å². The number of anilines is 1. The molecule has 6 heteroatoms. The SMILES string of the molecule is c1cc2[nH]cnc2c(NCC2(N3CCSCC3)CCCCC2)n1. The number of aromatic amines is 1. The van der Waals surface area contributed by atoms with Gasteiger partial charge in [0.2, 0.25) is 0 Å². The van der Waals surface area contributed by atoms with E-state index in [1.54, 1.807) is 6.33 Å². The van der Waals surface area contributed by atoms with Crippen LogP contribution >= 0.6 is 11.8 Å². The zero-order valence-corrected chi connectivity index (χ0v) is 14.4. The number of pyridine rings is 1. The van der Waals surface area contributed by atoms with Gasteiger partial charge in [-0.1, -0.05) is 19.3 Å². The van der Waals surface area contributed by atoms with Crippen molar-refractivity contribution < 1.29 is 0 Å². The summed E-state index contributed by atoms with van der Waals surface area (Å²) in [7, 11) is 0. The Morgan fingerprint density at radius 2 is 2.00 bits per heavy atom. The molecule has 2 fully saturated rings. The van der Waals surface area contributed by atoms with Crippen molar-refractivity contribution in [2.75, 3.05) is 36.5 Å². The molecular weight excluding hydrogens is 306 g/mol. The molecule has 0 radical (unpaired) electrons. The average Bonchev–Trinajstić information content (AvgIpc) is 3.11. The third kappa shape index (κ3) is 3.06. The van der Waals surface area contributed by atoms with Crippen LogP contribution in [0.2, 0.25) is 0 Å². The van der Waals surface area contributed by atoms with Gasteiger partial charge >= 0.3 is 0 Å². The minimum atomic E-state index is 0.305. The summed E-state index contributed by atoms with van der Waals surface area (Å²) in [6.07, 6.45) is 10.3. The number of nitrogens with one attached hydrogen (secondary N) is 2. The highest BCUT2D eigenvalue weighted by atomic mass is 32.2. The van der Waals surface area contributed by atoms with E-state index in [4.69, 9.17) is 0 Å². The second-order valence-electron chi connectivity index (χ2n) is 6.70. The molecule has 1 aliphatic heterocycles. The molecule has 2 aromatic rings. The number of imidazole rings is 1. The van der Waals surface area contributed by atoms with Crippen LogP contribution in [0.1, 0.15) is 32.1 Å². The summed E-state index contributed by atoms with van der Waals surface area (Å²) in [5.74, 6) is 3.46. The first-order valence-corrected chi connectivity index (χ1v) is 9.88. The standard InChI is InChI=1S/C17H25N5S/c1-2-5-17(6-3-1,22-8-10-23-11-9-22)12-19-16-15-14(4-7-18-16)20-13-21-15/h4,7,13H,1-3,5-6,8-12H2,(H,18,19)(H,20,21). The molecule has 2 aliphatic rings. The van der Waals surface area contributed by atoms with Gasteiger partial charge in [0, 0.05) is 42.9 Å². The van der Waals surface area contributed by atoms with Crippen molar-refractivity contribution in [3.05, 3.63) is 18.6 Å². The summed E-state index contributed by atoms with van der Waals surface area (Å²) in [5.41, 5.74) is 2.31. The van der Waals surface area contributed by atoms with Crippen LogP contribution in [0.3, 0.4) is 0 Å². The maximum atomic E-state index is 4.52. The molecule has 0 bridgehead atoms. The number of nitrogens with zero attached hydrogens (tertiary/aromatic N) is 3. The molecule has 2 N–H and O–H groups in total. The first kappa shape index (κ1) is 15.3. The number of aromatic nitrogens is 3. The monoisotopic (exact) mass is 331 g/mol. The van der Waals surface area contributed by atoms with Gasteiger partial charge in [0.05, 0.1) is 11.8 Å². The van der Waals surface area contributed by atoms with E-state index in [0.717, 1.165) is 23.4 Å². The molecule has 124 valence electrons. The van der Waals surface area contributed by atoms with Gasteiger partial charge in [-0.3, -0.25) is 4.90 Å². The van der Waals surface area contributed by atoms with Crippen LogP contribution in [0.25, 0.3) is 11.0 Å². The number of hydrogen-bond acceptors (Lipinski definition) is 5. The summed E-state index contributed by atoms with van der Waals surface area (Å²) < 4.78 is 0. The van der Waals surface area contributed by atoms with Crippen LogP contribution in [-0.2, 0) is 0 Å². The molecule has 3 heterocycles. The van der Waals surface area contributed by atoms with Gasteiger partial charge in [-0.05, 0) is 18.9 Å². The number of rotatable bonds is 4. The number of hydrogen-bond donors (Lipinski definition) is 2. The van der Waals surface area contributed by atoms with E-state index >= 15 is 0 Å². The molecular formula is C17H25N5S. The van der Waals surface area contributed by atoms with E-state index < -0.39 is 0 Å². The lowest BCUT2D eigenvalue weighted by atomic mass is 9.80. The summed E-state index contributed by atoms with van der Waals surface area (Å²) in [4.78, 5) is 14.9. The van der Waals surface area contributed by atoms with Gasteiger partial charge in [0.1, 0.15) is 5.52 Å². The first-order valence-electron chi connectivity index (χ1n) is 8.72. The van der Waals surface area contributed by atoms with E-state index in [1.807, 2.05) is 12.3 Å². The van der Waals surface area contributed by atoms with Gasteiger partial charge in [0.25, 0.3) is 0 Å². The Hall–Kier alpha value is -1.27. The minimum Gasteiger partial charge on any atom is -0.366 e. The second-order valence-corrected chi connectivity index (χ2v) is 7.92. The molecule has 1 saturated carbocycles.